The minimum absolute atomic E-state index is 0.160. The maximum absolute atomic E-state index is 12.2. The van der Waals surface area contributed by atoms with Gasteiger partial charge in [0.25, 0.3) is 5.91 Å². The standard InChI is InChI=1S/C16H15ClN2O2/c1-10-7-8-12(9-15(10)18-11(2)20)19-16(21)13-5-3-4-6-14(13)17/h3-9H,1-2H3,(H,18,20)(H,19,21). The highest BCUT2D eigenvalue weighted by Crippen LogP contribution is 2.22. The highest BCUT2D eigenvalue weighted by atomic mass is 35.5. The van der Waals surface area contributed by atoms with Crippen LogP contribution in [0.1, 0.15) is 22.8 Å². The minimum atomic E-state index is -0.293. The van der Waals surface area contributed by atoms with E-state index in [0.717, 1.165) is 5.56 Å². The van der Waals surface area contributed by atoms with E-state index in [2.05, 4.69) is 10.6 Å². The van der Waals surface area contributed by atoms with E-state index < -0.39 is 0 Å². The molecule has 0 bridgehead atoms. The Balaban J connectivity index is 2.22. The molecule has 0 aliphatic carbocycles. The van der Waals surface area contributed by atoms with E-state index >= 15 is 0 Å². The maximum atomic E-state index is 12.2. The Morgan fingerprint density at radius 1 is 1.05 bits per heavy atom. The van der Waals surface area contributed by atoms with Crippen LogP contribution in [0.25, 0.3) is 0 Å². The van der Waals surface area contributed by atoms with Gasteiger partial charge in [-0.1, -0.05) is 29.8 Å². The second-order valence-electron chi connectivity index (χ2n) is 4.64. The molecule has 4 nitrogen and oxygen atoms in total. The predicted octanol–water partition coefficient (Wildman–Crippen LogP) is 3.86. The van der Waals surface area contributed by atoms with Crippen LogP contribution in [0.5, 0.6) is 0 Å². The molecule has 2 N–H and O–H groups in total. The van der Waals surface area contributed by atoms with Crippen molar-refractivity contribution in [3.63, 3.8) is 0 Å². The normalized spacial score (nSPS) is 10.0. The lowest BCUT2D eigenvalue weighted by Crippen LogP contribution is -2.13. The van der Waals surface area contributed by atoms with Crippen molar-refractivity contribution in [3.8, 4) is 0 Å². The summed E-state index contributed by atoms with van der Waals surface area (Å²) in [5, 5.41) is 5.88. The van der Waals surface area contributed by atoms with E-state index in [1.54, 1.807) is 36.4 Å². The second-order valence-corrected chi connectivity index (χ2v) is 5.05. The van der Waals surface area contributed by atoms with Gasteiger partial charge in [-0.3, -0.25) is 9.59 Å². The summed E-state index contributed by atoms with van der Waals surface area (Å²) in [6, 6.07) is 12.1. The van der Waals surface area contributed by atoms with Crippen LogP contribution in [-0.4, -0.2) is 11.8 Å². The van der Waals surface area contributed by atoms with Crippen molar-refractivity contribution in [1.82, 2.24) is 0 Å². The molecule has 0 fully saturated rings. The molecule has 0 spiro atoms. The number of hydrogen-bond donors (Lipinski definition) is 2. The smallest absolute Gasteiger partial charge is 0.257 e. The number of anilines is 2. The molecule has 0 saturated heterocycles. The van der Waals surface area contributed by atoms with E-state index in [9.17, 15) is 9.59 Å². The third-order valence-electron chi connectivity index (χ3n) is 2.92. The Kier molecular flexibility index (Phi) is 4.60. The van der Waals surface area contributed by atoms with Gasteiger partial charge in [0.2, 0.25) is 5.91 Å². The summed E-state index contributed by atoms with van der Waals surface area (Å²) in [6.45, 7) is 3.32. The molecule has 0 atom stereocenters. The Bertz CT molecular complexity index is 698. The molecule has 2 amide bonds. The molecule has 0 radical (unpaired) electrons. The SMILES string of the molecule is CC(=O)Nc1cc(NC(=O)c2ccccc2Cl)ccc1C. The molecule has 2 aromatic rings. The number of halogens is 1. The van der Waals surface area contributed by atoms with Gasteiger partial charge in [-0.2, -0.15) is 0 Å². The van der Waals surface area contributed by atoms with Crippen molar-refractivity contribution < 1.29 is 9.59 Å². The lowest BCUT2D eigenvalue weighted by Gasteiger charge is -2.11. The highest BCUT2D eigenvalue weighted by molar-refractivity contribution is 6.34. The zero-order chi connectivity index (χ0) is 15.4. The van der Waals surface area contributed by atoms with E-state index in [0.29, 0.717) is 22.0 Å². The molecule has 0 aliphatic heterocycles. The van der Waals surface area contributed by atoms with Crippen LogP contribution < -0.4 is 10.6 Å². The van der Waals surface area contributed by atoms with E-state index in [1.807, 2.05) is 13.0 Å². The van der Waals surface area contributed by atoms with Crippen LogP contribution in [-0.2, 0) is 4.79 Å². The van der Waals surface area contributed by atoms with E-state index in [-0.39, 0.29) is 11.8 Å². The van der Waals surface area contributed by atoms with Crippen LogP contribution in [0.3, 0.4) is 0 Å². The fourth-order valence-corrected chi connectivity index (χ4v) is 2.09. The summed E-state index contributed by atoms with van der Waals surface area (Å²) in [6.07, 6.45) is 0. The zero-order valence-electron chi connectivity index (χ0n) is 11.7. The van der Waals surface area contributed by atoms with Crippen LogP contribution in [0.2, 0.25) is 5.02 Å². The number of carbonyl (C=O) groups excluding carboxylic acids is 2. The quantitative estimate of drug-likeness (QED) is 0.904. The Morgan fingerprint density at radius 3 is 2.43 bits per heavy atom. The van der Waals surface area contributed by atoms with Crippen molar-refractivity contribution in [2.45, 2.75) is 13.8 Å². The predicted molar refractivity (Wildman–Crippen MR) is 84.9 cm³/mol. The van der Waals surface area contributed by atoms with Crippen molar-refractivity contribution >= 4 is 34.8 Å². The third kappa shape index (κ3) is 3.83. The van der Waals surface area contributed by atoms with Crippen LogP contribution in [0, 0.1) is 6.92 Å². The number of benzene rings is 2. The van der Waals surface area contributed by atoms with Gasteiger partial charge in [0.1, 0.15) is 0 Å². The van der Waals surface area contributed by atoms with Crippen molar-refractivity contribution in [3.05, 3.63) is 58.6 Å². The molecule has 0 aliphatic rings. The monoisotopic (exact) mass is 302 g/mol. The van der Waals surface area contributed by atoms with Gasteiger partial charge >= 0.3 is 0 Å². The van der Waals surface area contributed by atoms with Crippen LogP contribution >= 0.6 is 11.6 Å². The van der Waals surface area contributed by atoms with Gasteiger partial charge in [0, 0.05) is 18.3 Å². The van der Waals surface area contributed by atoms with Crippen molar-refractivity contribution in [2.24, 2.45) is 0 Å². The number of aryl methyl sites for hydroxylation is 1. The Morgan fingerprint density at radius 2 is 1.76 bits per heavy atom. The molecule has 21 heavy (non-hydrogen) atoms. The van der Waals surface area contributed by atoms with Gasteiger partial charge in [-0.15, -0.1) is 0 Å². The topological polar surface area (TPSA) is 58.2 Å². The van der Waals surface area contributed by atoms with Crippen molar-refractivity contribution in [2.75, 3.05) is 10.6 Å². The molecular formula is C16H15ClN2O2. The largest absolute Gasteiger partial charge is 0.326 e. The Labute approximate surface area is 128 Å². The summed E-state index contributed by atoms with van der Waals surface area (Å²) < 4.78 is 0. The molecule has 0 unspecified atom stereocenters. The fourth-order valence-electron chi connectivity index (χ4n) is 1.87. The lowest BCUT2D eigenvalue weighted by atomic mass is 10.1. The molecule has 0 saturated carbocycles. The number of rotatable bonds is 3. The van der Waals surface area contributed by atoms with Crippen molar-refractivity contribution in [1.29, 1.82) is 0 Å². The summed E-state index contributed by atoms with van der Waals surface area (Å²) in [7, 11) is 0. The molecule has 2 aromatic carbocycles. The number of amides is 2. The van der Waals surface area contributed by atoms with E-state index in [1.165, 1.54) is 6.92 Å². The first-order valence-corrected chi connectivity index (χ1v) is 6.79. The van der Waals surface area contributed by atoms with E-state index in [4.69, 9.17) is 11.6 Å². The fraction of sp³-hybridized carbons (Fsp3) is 0.125. The Hall–Kier alpha value is -2.33. The summed E-state index contributed by atoms with van der Waals surface area (Å²) in [4.78, 5) is 23.3. The van der Waals surface area contributed by atoms with Crippen LogP contribution in [0.4, 0.5) is 11.4 Å². The first-order chi connectivity index (χ1) is 9.97. The van der Waals surface area contributed by atoms with Gasteiger partial charge < -0.3 is 10.6 Å². The summed E-state index contributed by atoms with van der Waals surface area (Å²) in [5.41, 5.74) is 2.58. The first kappa shape index (κ1) is 15.1. The molecule has 5 heteroatoms. The molecule has 108 valence electrons. The third-order valence-corrected chi connectivity index (χ3v) is 3.25. The van der Waals surface area contributed by atoms with Crippen LogP contribution in [0.15, 0.2) is 42.5 Å². The number of nitrogens with one attached hydrogen (secondary N) is 2. The summed E-state index contributed by atoms with van der Waals surface area (Å²) >= 11 is 5.99. The molecule has 2 rings (SSSR count). The molecular weight excluding hydrogens is 288 g/mol. The number of carbonyl (C=O) groups is 2. The summed E-state index contributed by atoms with van der Waals surface area (Å²) in [5.74, 6) is -0.453. The zero-order valence-corrected chi connectivity index (χ0v) is 12.5. The minimum Gasteiger partial charge on any atom is -0.326 e. The second kappa shape index (κ2) is 6.41. The van der Waals surface area contributed by atoms with Gasteiger partial charge in [-0.25, -0.2) is 0 Å². The average molecular weight is 303 g/mol. The number of hydrogen-bond acceptors (Lipinski definition) is 2. The van der Waals surface area contributed by atoms with Gasteiger partial charge in [0.15, 0.2) is 0 Å². The first-order valence-electron chi connectivity index (χ1n) is 6.41. The molecule has 0 aromatic heterocycles. The van der Waals surface area contributed by atoms with Gasteiger partial charge in [0.05, 0.1) is 10.6 Å². The maximum Gasteiger partial charge on any atom is 0.257 e. The lowest BCUT2D eigenvalue weighted by molar-refractivity contribution is -0.114. The average Bonchev–Trinajstić information content (AvgIpc) is 2.42. The van der Waals surface area contributed by atoms with Gasteiger partial charge in [-0.05, 0) is 36.8 Å². The highest BCUT2D eigenvalue weighted by Gasteiger charge is 2.10. The molecule has 0 heterocycles.